The number of primary amides is 1. The Labute approximate surface area is 118 Å². The van der Waals surface area contributed by atoms with Crippen LogP contribution in [0.5, 0.6) is 0 Å². The van der Waals surface area contributed by atoms with Gasteiger partial charge in [-0.3, -0.25) is 4.79 Å². The minimum atomic E-state index is -0.641. The van der Waals surface area contributed by atoms with Crippen LogP contribution in [0.1, 0.15) is 52.9 Å². The second-order valence-corrected chi connectivity index (χ2v) is 6.70. The minimum absolute atomic E-state index is 0.251. The lowest BCUT2D eigenvalue weighted by Crippen LogP contribution is -2.61. The number of hydrogen-bond acceptors (Lipinski definition) is 3. The Morgan fingerprint density at radius 3 is 2.42 bits per heavy atom. The van der Waals surface area contributed by atoms with Crippen molar-refractivity contribution < 1.29 is 4.79 Å². The topological polar surface area (TPSA) is 58.4 Å². The molecule has 19 heavy (non-hydrogen) atoms. The fraction of sp³-hybridized carbons (Fsp3) is 0.933. The molecule has 3 N–H and O–H groups in total. The molecule has 0 spiro atoms. The second-order valence-electron chi connectivity index (χ2n) is 6.70. The first-order valence-electron chi connectivity index (χ1n) is 7.59. The van der Waals surface area contributed by atoms with Crippen molar-refractivity contribution >= 4 is 5.91 Å². The summed E-state index contributed by atoms with van der Waals surface area (Å²) in [4.78, 5) is 14.0. The summed E-state index contributed by atoms with van der Waals surface area (Å²) >= 11 is 0. The normalized spacial score (nSPS) is 20.7. The highest BCUT2D eigenvalue weighted by molar-refractivity contribution is 5.84. The largest absolute Gasteiger partial charge is 0.368 e. The number of nitrogens with zero attached hydrogens (tertiary/aromatic N) is 1. The lowest BCUT2D eigenvalue weighted by atomic mass is 9.88. The van der Waals surface area contributed by atoms with Gasteiger partial charge in [0.25, 0.3) is 0 Å². The molecule has 0 radical (unpaired) electrons. The van der Waals surface area contributed by atoms with Crippen molar-refractivity contribution in [3.8, 4) is 0 Å². The lowest BCUT2D eigenvalue weighted by Gasteiger charge is -2.35. The molecule has 1 atom stereocenters. The first-order valence-corrected chi connectivity index (χ1v) is 7.59. The molecule has 0 aromatic heterocycles. The maximum Gasteiger partial charge on any atom is 0.238 e. The maximum absolute atomic E-state index is 11.7. The summed E-state index contributed by atoms with van der Waals surface area (Å²) in [5, 5.41) is 3.31. The van der Waals surface area contributed by atoms with E-state index in [1.165, 1.54) is 32.1 Å². The predicted molar refractivity (Wildman–Crippen MR) is 79.9 cm³/mol. The zero-order chi connectivity index (χ0) is 14.5. The minimum Gasteiger partial charge on any atom is -0.368 e. The molecule has 1 fully saturated rings. The standard InChI is InChI=1S/C15H31N3O/c1-12(2)17-15(3,14(16)19)11-18(4)10-13-8-6-5-7-9-13/h12-13,17H,5-11H2,1-4H3,(H2,16,19). The Kier molecular flexibility index (Phi) is 6.27. The molecule has 1 rings (SSSR count). The highest BCUT2D eigenvalue weighted by atomic mass is 16.1. The Morgan fingerprint density at radius 2 is 1.95 bits per heavy atom. The molecule has 112 valence electrons. The van der Waals surface area contributed by atoms with Gasteiger partial charge in [0, 0.05) is 19.1 Å². The highest BCUT2D eigenvalue weighted by Gasteiger charge is 2.33. The molecule has 1 unspecified atom stereocenters. The second kappa shape index (κ2) is 7.25. The molecule has 0 aromatic rings. The number of nitrogens with one attached hydrogen (secondary N) is 1. The number of carbonyl (C=O) groups is 1. The van der Waals surface area contributed by atoms with E-state index in [4.69, 9.17) is 5.73 Å². The van der Waals surface area contributed by atoms with Gasteiger partial charge in [-0.2, -0.15) is 0 Å². The van der Waals surface area contributed by atoms with Gasteiger partial charge in [0.1, 0.15) is 5.54 Å². The monoisotopic (exact) mass is 269 g/mol. The van der Waals surface area contributed by atoms with Crippen molar-refractivity contribution in [3.05, 3.63) is 0 Å². The van der Waals surface area contributed by atoms with Gasteiger partial charge in [-0.25, -0.2) is 0 Å². The van der Waals surface area contributed by atoms with Crippen LogP contribution in [0.2, 0.25) is 0 Å². The third kappa shape index (κ3) is 5.49. The molecule has 4 nitrogen and oxygen atoms in total. The molecular weight excluding hydrogens is 238 g/mol. The highest BCUT2D eigenvalue weighted by Crippen LogP contribution is 2.24. The zero-order valence-electron chi connectivity index (χ0n) is 13.0. The number of amides is 1. The van der Waals surface area contributed by atoms with Crippen LogP contribution in [-0.4, -0.2) is 42.5 Å². The third-order valence-electron chi connectivity index (χ3n) is 4.03. The van der Waals surface area contributed by atoms with E-state index in [2.05, 4.69) is 17.3 Å². The Bertz CT molecular complexity index is 287. The molecule has 0 aromatic carbocycles. The van der Waals surface area contributed by atoms with Gasteiger partial charge in [-0.05, 0) is 46.6 Å². The zero-order valence-corrected chi connectivity index (χ0v) is 13.0. The van der Waals surface area contributed by atoms with Gasteiger partial charge < -0.3 is 16.0 Å². The van der Waals surface area contributed by atoms with Crippen molar-refractivity contribution in [2.24, 2.45) is 11.7 Å². The van der Waals surface area contributed by atoms with E-state index in [0.717, 1.165) is 12.5 Å². The summed E-state index contributed by atoms with van der Waals surface area (Å²) in [6.45, 7) is 7.75. The van der Waals surface area contributed by atoms with Crippen LogP contribution < -0.4 is 11.1 Å². The summed E-state index contributed by atoms with van der Waals surface area (Å²) in [6, 6.07) is 0.251. The van der Waals surface area contributed by atoms with Crippen LogP contribution in [0.3, 0.4) is 0 Å². The maximum atomic E-state index is 11.7. The number of nitrogens with two attached hydrogens (primary N) is 1. The first kappa shape index (κ1) is 16.4. The average molecular weight is 269 g/mol. The van der Waals surface area contributed by atoms with Crippen LogP contribution in [0.15, 0.2) is 0 Å². The van der Waals surface area contributed by atoms with Crippen molar-refractivity contribution in [2.45, 2.75) is 64.5 Å². The number of rotatable bonds is 7. The predicted octanol–water partition coefficient (Wildman–Crippen LogP) is 1.74. The fourth-order valence-electron chi connectivity index (χ4n) is 3.25. The number of carbonyl (C=O) groups excluding carboxylic acids is 1. The van der Waals surface area contributed by atoms with Crippen molar-refractivity contribution in [1.29, 1.82) is 0 Å². The molecule has 1 aliphatic carbocycles. The lowest BCUT2D eigenvalue weighted by molar-refractivity contribution is -0.124. The van der Waals surface area contributed by atoms with Crippen LogP contribution in [-0.2, 0) is 4.79 Å². The summed E-state index contributed by atoms with van der Waals surface area (Å²) in [7, 11) is 2.10. The average Bonchev–Trinajstić information content (AvgIpc) is 2.28. The Morgan fingerprint density at radius 1 is 1.37 bits per heavy atom. The van der Waals surface area contributed by atoms with Gasteiger partial charge in [-0.1, -0.05) is 19.3 Å². The van der Waals surface area contributed by atoms with Gasteiger partial charge in [0.2, 0.25) is 5.91 Å². The molecule has 4 heteroatoms. The SMILES string of the molecule is CC(C)NC(C)(CN(C)CC1CCCCC1)C(N)=O. The Balaban J connectivity index is 2.50. The molecular formula is C15H31N3O. The molecule has 0 saturated heterocycles. The van der Waals surface area contributed by atoms with Gasteiger partial charge in [0.05, 0.1) is 0 Å². The van der Waals surface area contributed by atoms with Crippen LogP contribution >= 0.6 is 0 Å². The molecule has 0 heterocycles. The van der Waals surface area contributed by atoms with Crippen LogP contribution in [0.4, 0.5) is 0 Å². The van der Waals surface area contributed by atoms with E-state index < -0.39 is 5.54 Å². The van der Waals surface area contributed by atoms with Crippen LogP contribution in [0, 0.1) is 5.92 Å². The number of likely N-dealkylation sites (N-methyl/N-ethyl adjacent to an activating group) is 1. The summed E-state index contributed by atoms with van der Waals surface area (Å²) < 4.78 is 0. The van der Waals surface area contributed by atoms with Gasteiger partial charge >= 0.3 is 0 Å². The Hall–Kier alpha value is -0.610. The first-order chi connectivity index (χ1) is 8.83. The summed E-state index contributed by atoms with van der Waals surface area (Å²) in [5.41, 5.74) is 4.93. The third-order valence-corrected chi connectivity index (χ3v) is 4.03. The fourth-order valence-corrected chi connectivity index (χ4v) is 3.25. The quantitative estimate of drug-likeness (QED) is 0.740. The molecule has 0 bridgehead atoms. The van der Waals surface area contributed by atoms with Crippen molar-refractivity contribution in [2.75, 3.05) is 20.1 Å². The number of hydrogen-bond donors (Lipinski definition) is 2. The van der Waals surface area contributed by atoms with E-state index >= 15 is 0 Å². The van der Waals surface area contributed by atoms with Crippen molar-refractivity contribution in [1.82, 2.24) is 10.2 Å². The molecule has 1 saturated carbocycles. The van der Waals surface area contributed by atoms with Gasteiger partial charge in [-0.15, -0.1) is 0 Å². The van der Waals surface area contributed by atoms with E-state index in [1.54, 1.807) is 0 Å². The molecule has 0 aliphatic heterocycles. The summed E-state index contributed by atoms with van der Waals surface area (Å²) in [5.74, 6) is 0.520. The van der Waals surface area contributed by atoms with E-state index in [1.807, 2.05) is 20.8 Å². The summed E-state index contributed by atoms with van der Waals surface area (Å²) in [6.07, 6.45) is 6.75. The van der Waals surface area contributed by atoms with Gasteiger partial charge in [0.15, 0.2) is 0 Å². The molecule has 1 amide bonds. The van der Waals surface area contributed by atoms with Crippen LogP contribution in [0.25, 0.3) is 0 Å². The molecule has 1 aliphatic rings. The van der Waals surface area contributed by atoms with E-state index in [9.17, 15) is 4.79 Å². The van der Waals surface area contributed by atoms with E-state index in [0.29, 0.717) is 6.54 Å². The van der Waals surface area contributed by atoms with Crippen molar-refractivity contribution in [3.63, 3.8) is 0 Å². The van der Waals surface area contributed by atoms with E-state index in [-0.39, 0.29) is 11.9 Å². The smallest absolute Gasteiger partial charge is 0.238 e.